The van der Waals surface area contributed by atoms with Gasteiger partial charge < -0.3 is 19.7 Å². The molecule has 0 bridgehead atoms. The van der Waals surface area contributed by atoms with E-state index in [1.165, 1.54) is 6.08 Å². The van der Waals surface area contributed by atoms with Gasteiger partial charge in [0, 0.05) is 26.2 Å². The molecule has 1 saturated heterocycles. The van der Waals surface area contributed by atoms with Crippen LogP contribution in [-0.4, -0.2) is 55.2 Å². The first-order valence-electron chi connectivity index (χ1n) is 8.25. The topological polar surface area (TPSA) is 67.9 Å². The van der Waals surface area contributed by atoms with Crippen LogP contribution in [0.15, 0.2) is 60.9 Å². The maximum atomic E-state index is 12.2. The highest BCUT2D eigenvalue weighted by Crippen LogP contribution is 2.30. The van der Waals surface area contributed by atoms with Gasteiger partial charge in [-0.05, 0) is 13.0 Å². The van der Waals surface area contributed by atoms with Crippen molar-refractivity contribution in [2.75, 3.05) is 32.8 Å². The van der Waals surface area contributed by atoms with E-state index in [4.69, 9.17) is 9.47 Å². The molecule has 6 nitrogen and oxygen atoms in total. The van der Waals surface area contributed by atoms with Crippen molar-refractivity contribution < 1.29 is 19.1 Å². The summed E-state index contributed by atoms with van der Waals surface area (Å²) in [4.78, 5) is 25.6. The molecule has 2 rings (SSSR count). The van der Waals surface area contributed by atoms with Crippen molar-refractivity contribution in [2.45, 2.75) is 12.5 Å². The largest absolute Gasteiger partial charge is 0.483 e. The first-order valence-corrected chi connectivity index (χ1v) is 8.25. The summed E-state index contributed by atoms with van der Waals surface area (Å²) in [5.41, 5.74) is -1.01. The van der Waals surface area contributed by atoms with Crippen LogP contribution in [0.2, 0.25) is 0 Å². The van der Waals surface area contributed by atoms with E-state index in [1.807, 2.05) is 12.2 Å². The third-order valence-corrected chi connectivity index (χ3v) is 3.87. The number of ether oxygens (including phenoxy) is 2. The van der Waals surface area contributed by atoms with Gasteiger partial charge in [-0.2, -0.15) is 0 Å². The van der Waals surface area contributed by atoms with Gasteiger partial charge in [0.25, 0.3) is 5.91 Å². The maximum absolute atomic E-state index is 12.2. The molecule has 25 heavy (non-hydrogen) atoms. The second-order valence-electron chi connectivity index (χ2n) is 5.82. The van der Waals surface area contributed by atoms with Crippen molar-refractivity contribution in [1.82, 2.24) is 10.2 Å². The van der Waals surface area contributed by atoms with Crippen LogP contribution in [0.3, 0.4) is 0 Å². The number of cyclic esters (lactones) is 1. The number of rotatable bonds is 7. The Morgan fingerprint density at radius 3 is 2.72 bits per heavy atom. The Bertz CT molecular complexity index is 627. The van der Waals surface area contributed by atoms with Crippen molar-refractivity contribution >= 4 is 11.9 Å². The lowest BCUT2D eigenvalue weighted by molar-refractivity contribution is -0.143. The molecular weight excluding hydrogens is 320 g/mol. The van der Waals surface area contributed by atoms with Crippen LogP contribution >= 0.6 is 0 Å². The standard InChI is InChI=1S/C19H24N2O4/c1-3-4-5-6-7-8-9-19(2)16(14-18(23)25-19)24-15-17(22)21-12-10-20-11-13-21/h3-9,14,20H,1,10-13,15H2,2H3/b5-4+,7-6+,9-8+. The molecule has 1 amide bonds. The monoisotopic (exact) mass is 344 g/mol. The van der Waals surface area contributed by atoms with Gasteiger partial charge in [-0.15, -0.1) is 0 Å². The highest BCUT2D eigenvalue weighted by molar-refractivity contribution is 5.87. The number of carbonyl (C=O) groups is 2. The van der Waals surface area contributed by atoms with Crippen LogP contribution in [-0.2, 0) is 19.1 Å². The van der Waals surface area contributed by atoms with E-state index in [2.05, 4.69) is 11.9 Å². The molecule has 1 atom stereocenters. The Morgan fingerprint density at radius 2 is 2.00 bits per heavy atom. The number of nitrogens with zero attached hydrogens (tertiary/aromatic N) is 1. The Balaban J connectivity index is 1.93. The molecular formula is C19H24N2O4. The van der Waals surface area contributed by atoms with E-state index in [9.17, 15) is 9.59 Å². The summed E-state index contributed by atoms with van der Waals surface area (Å²) in [5, 5.41) is 3.19. The molecule has 0 aromatic carbocycles. The summed E-state index contributed by atoms with van der Waals surface area (Å²) < 4.78 is 10.9. The van der Waals surface area contributed by atoms with Gasteiger partial charge in [0.1, 0.15) is 0 Å². The summed E-state index contributed by atoms with van der Waals surface area (Å²) >= 11 is 0. The van der Waals surface area contributed by atoms with E-state index in [0.29, 0.717) is 18.8 Å². The van der Waals surface area contributed by atoms with Crippen LogP contribution in [0.4, 0.5) is 0 Å². The zero-order valence-corrected chi connectivity index (χ0v) is 14.4. The molecule has 2 aliphatic heterocycles. The highest BCUT2D eigenvalue weighted by Gasteiger charge is 2.38. The van der Waals surface area contributed by atoms with Gasteiger partial charge in [0.15, 0.2) is 18.0 Å². The van der Waals surface area contributed by atoms with Crippen molar-refractivity contribution in [3.05, 3.63) is 60.9 Å². The number of carbonyl (C=O) groups excluding carboxylic acids is 2. The van der Waals surface area contributed by atoms with E-state index in [-0.39, 0.29) is 12.5 Å². The number of amides is 1. The molecule has 1 N–H and O–H groups in total. The zero-order chi connectivity index (χ0) is 18.1. The Morgan fingerprint density at radius 1 is 1.32 bits per heavy atom. The smallest absolute Gasteiger partial charge is 0.335 e. The lowest BCUT2D eigenvalue weighted by Crippen LogP contribution is -2.47. The lowest BCUT2D eigenvalue weighted by atomic mass is 10.0. The predicted octanol–water partition coefficient (Wildman–Crippen LogP) is 1.49. The minimum absolute atomic E-state index is 0.0949. The molecule has 0 aromatic rings. The van der Waals surface area contributed by atoms with Crippen molar-refractivity contribution in [3.63, 3.8) is 0 Å². The lowest BCUT2D eigenvalue weighted by Gasteiger charge is -2.28. The number of allylic oxidation sites excluding steroid dienone is 6. The Labute approximate surface area is 148 Å². The molecule has 0 spiro atoms. The molecule has 0 saturated carbocycles. The van der Waals surface area contributed by atoms with Crippen LogP contribution in [0.1, 0.15) is 6.92 Å². The third kappa shape index (κ3) is 5.46. The summed E-state index contributed by atoms with van der Waals surface area (Å²) in [7, 11) is 0. The molecule has 0 radical (unpaired) electrons. The van der Waals surface area contributed by atoms with E-state index in [0.717, 1.165) is 13.1 Å². The molecule has 2 aliphatic rings. The van der Waals surface area contributed by atoms with Crippen molar-refractivity contribution in [1.29, 1.82) is 0 Å². The van der Waals surface area contributed by atoms with Gasteiger partial charge in [-0.25, -0.2) is 4.79 Å². The minimum atomic E-state index is -1.01. The van der Waals surface area contributed by atoms with Crippen molar-refractivity contribution in [2.24, 2.45) is 0 Å². The van der Waals surface area contributed by atoms with Gasteiger partial charge in [0.05, 0.1) is 6.08 Å². The SMILES string of the molecule is C=C/C=C/C=C/C=C/C1(C)OC(=O)C=C1OCC(=O)N1CCNCC1. The molecule has 1 unspecified atom stereocenters. The van der Waals surface area contributed by atoms with Gasteiger partial charge in [0.2, 0.25) is 0 Å². The Hall–Kier alpha value is -2.60. The summed E-state index contributed by atoms with van der Waals surface area (Å²) in [6.45, 7) is 8.09. The molecule has 0 aliphatic carbocycles. The summed E-state index contributed by atoms with van der Waals surface area (Å²) in [6.07, 6.45) is 13.7. The first kappa shape index (κ1) is 18.7. The average molecular weight is 344 g/mol. The number of hydrogen-bond donors (Lipinski definition) is 1. The van der Waals surface area contributed by atoms with Gasteiger partial charge >= 0.3 is 5.97 Å². The quantitative estimate of drug-likeness (QED) is 0.560. The number of hydrogen-bond acceptors (Lipinski definition) is 5. The van der Waals surface area contributed by atoms with E-state index >= 15 is 0 Å². The third-order valence-electron chi connectivity index (χ3n) is 3.87. The summed E-state index contributed by atoms with van der Waals surface area (Å²) in [5.74, 6) is -0.234. The van der Waals surface area contributed by atoms with Crippen LogP contribution in [0.5, 0.6) is 0 Å². The van der Waals surface area contributed by atoms with Crippen LogP contribution in [0.25, 0.3) is 0 Å². The van der Waals surface area contributed by atoms with Gasteiger partial charge in [-0.3, -0.25) is 4.79 Å². The first-order chi connectivity index (χ1) is 12.0. The molecule has 134 valence electrons. The van der Waals surface area contributed by atoms with E-state index < -0.39 is 11.6 Å². The fourth-order valence-electron chi connectivity index (χ4n) is 2.50. The fourth-order valence-corrected chi connectivity index (χ4v) is 2.50. The fraction of sp³-hybridized carbons (Fsp3) is 0.368. The van der Waals surface area contributed by atoms with Gasteiger partial charge in [-0.1, -0.05) is 43.0 Å². The summed E-state index contributed by atoms with van der Waals surface area (Å²) in [6, 6.07) is 0. The predicted molar refractivity (Wildman–Crippen MR) is 95.6 cm³/mol. The molecule has 6 heteroatoms. The second kappa shape index (κ2) is 9.03. The number of esters is 1. The average Bonchev–Trinajstić information content (AvgIpc) is 2.90. The minimum Gasteiger partial charge on any atom is -0.483 e. The van der Waals surface area contributed by atoms with Crippen LogP contribution < -0.4 is 5.32 Å². The van der Waals surface area contributed by atoms with Crippen LogP contribution in [0, 0.1) is 0 Å². The second-order valence-corrected chi connectivity index (χ2v) is 5.82. The molecule has 0 aromatic heterocycles. The number of nitrogens with one attached hydrogen (secondary N) is 1. The molecule has 2 heterocycles. The Kier molecular flexibility index (Phi) is 6.77. The maximum Gasteiger partial charge on any atom is 0.335 e. The normalized spacial score (nSPS) is 24.1. The van der Waals surface area contributed by atoms with Crippen molar-refractivity contribution in [3.8, 4) is 0 Å². The van der Waals surface area contributed by atoms with E-state index in [1.54, 1.807) is 42.2 Å². The zero-order valence-electron chi connectivity index (χ0n) is 14.4. The number of piperazine rings is 1. The highest BCUT2D eigenvalue weighted by atomic mass is 16.6. The molecule has 1 fully saturated rings.